The van der Waals surface area contributed by atoms with Gasteiger partial charge < -0.3 is 9.80 Å². The molecular formula is C27H36N2O2S. The number of rotatable bonds is 6. The Kier molecular flexibility index (Phi) is 6.49. The van der Waals surface area contributed by atoms with Crippen LogP contribution < -0.4 is 0 Å². The average molecular weight is 453 g/mol. The van der Waals surface area contributed by atoms with Crippen LogP contribution >= 0.6 is 11.3 Å². The Morgan fingerprint density at radius 2 is 1.84 bits per heavy atom. The standard InChI is InChI=1S/C27H36N2O2S/c1-6-18(2)29(26(31)20-7-8-20)17-24(30)28-15-13-23-22(14-16-32-23)25(28)19-9-11-21(12-10-19)27(3,4)5/h9-12,14,16,18,20,25H,6-8,13,15,17H2,1-5H3. The first-order chi connectivity index (χ1) is 15.2. The Morgan fingerprint density at radius 3 is 2.44 bits per heavy atom. The summed E-state index contributed by atoms with van der Waals surface area (Å²) in [6.45, 7) is 11.7. The van der Waals surface area contributed by atoms with Gasteiger partial charge in [-0.1, -0.05) is 52.0 Å². The van der Waals surface area contributed by atoms with Gasteiger partial charge >= 0.3 is 0 Å². The van der Waals surface area contributed by atoms with Crippen LogP contribution in [0, 0.1) is 5.92 Å². The van der Waals surface area contributed by atoms with Crippen LogP contribution in [0.5, 0.6) is 0 Å². The molecule has 172 valence electrons. The van der Waals surface area contributed by atoms with E-state index in [2.05, 4.69) is 70.3 Å². The predicted molar refractivity (Wildman–Crippen MR) is 131 cm³/mol. The maximum absolute atomic E-state index is 13.7. The van der Waals surface area contributed by atoms with E-state index in [1.54, 1.807) is 11.3 Å². The highest BCUT2D eigenvalue weighted by Gasteiger charge is 2.38. The van der Waals surface area contributed by atoms with E-state index in [1.807, 2.05) is 9.80 Å². The number of fused-ring (bicyclic) bond motifs is 1. The van der Waals surface area contributed by atoms with Crippen LogP contribution in [-0.4, -0.2) is 40.7 Å². The molecule has 2 amide bonds. The van der Waals surface area contributed by atoms with Gasteiger partial charge in [0.1, 0.15) is 6.54 Å². The molecule has 2 aliphatic rings. The second-order valence-electron chi connectivity index (χ2n) is 10.4. The first-order valence-corrected chi connectivity index (χ1v) is 12.8. The van der Waals surface area contributed by atoms with Crippen LogP contribution in [0.1, 0.15) is 81.5 Å². The highest BCUT2D eigenvalue weighted by Crippen LogP contribution is 2.39. The first kappa shape index (κ1) is 23.0. The number of hydrogen-bond donors (Lipinski definition) is 0. The molecule has 0 saturated heterocycles. The highest BCUT2D eigenvalue weighted by atomic mass is 32.1. The number of benzene rings is 1. The van der Waals surface area contributed by atoms with Gasteiger partial charge in [-0.15, -0.1) is 11.3 Å². The van der Waals surface area contributed by atoms with Gasteiger partial charge in [-0.3, -0.25) is 9.59 Å². The van der Waals surface area contributed by atoms with Crippen molar-refractivity contribution in [2.45, 2.75) is 77.8 Å². The SMILES string of the molecule is CCC(C)N(CC(=O)N1CCc2sccc2C1c1ccc(C(C)(C)C)cc1)C(=O)C1CC1. The minimum atomic E-state index is -0.0821. The molecule has 1 aromatic carbocycles. The Labute approximate surface area is 196 Å². The third kappa shape index (κ3) is 4.63. The van der Waals surface area contributed by atoms with Gasteiger partial charge in [-0.2, -0.15) is 0 Å². The highest BCUT2D eigenvalue weighted by molar-refractivity contribution is 7.10. The van der Waals surface area contributed by atoms with E-state index >= 15 is 0 Å². The van der Waals surface area contributed by atoms with Crippen LogP contribution in [0.3, 0.4) is 0 Å². The lowest BCUT2D eigenvalue weighted by Gasteiger charge is -2.38. The van der Waals surface area contributed by atoms with Crippen molar-refractivity contribution < 1.29 is 9.59 Å². The molecule has 1 saturated carbocycles. The van der Waals surface area contributed by atoms with Crippen molar-refractivity contribution in [2.24, 2.45) is 5.92 Å². The molecule has 1 aliphatic heterocycles. The number of carbonyl (C=O) groups is 2. The van der Waals surface area contributed by atoms with Gasteiger partial charge in [0.05, 0.1) is 6.04 Å². The molecule has 0 bridgehead atoms. The molecule has 1 fully saturated rings. The third-order valence-corrected chi connectivity index (χ3v) is 8.01. The van der Waals surface area contributed by atoms with Gasteiger partial charge in [-0.05, 0) is 66.2 Å². The normalized spacial score (nSPS) is 19.4. The van der Waals surface area contributed by atoms with E-state index in [0.29, 0.717) is 6.54 Å². The number of hydrogen-bond acceptors (Lipinski definition) is 3. The van der Waals surface area contributed by atoms with E-state index in [-0.39, 0.29) is 41.8 Å². The van der Waals surface area contributed by atoms with E-state index in [9.17, 15) is 9.59 Å². The van der Waals surface area contributed by atoms with E-state index in [1.165, 1.54) is 16.0 Å². The quantitative estimate of drug-likeness (QED) is 0.576. The summed E-state index contributed by atoms with van der Waals surface area (Å²) in [5.41, 5.74) is 3.77. The first-order valence-electron chi connectivity index (χ1n) is 12.0. The fourth-order valence-electron chi connectivity index (χ4n) is 4.58. The monoisotopic (exact) mass is 452 g/mol. The van der Waals surface area contributed by atoms with Crippen molar-refractivity contribution in [3.8, 4) is 0 Å². The fraction of sp³-hybridized carbons (Fsp3) is 0.556. The molecule has 5 heteroatoms. The molecule has 1 aliphatic carbocycles. The summed E-state index contributed by atoms with van der Waals surface area (Å²) < 4.78 is 0. The van der Waals surface area contributed by atoms with Crippen molar-refractivity contribution in [2.75, 3.05) is 13.1 Å². The van der Waals surface area contributed by atoms with Crippen LogP contribution in [0.2, 0.25) is 0 Å². The predicted octanol–water partition coefficient (Wildman–Crippen LogP) is 5.56. The summed E-state index contributed by atoms with van der Waals surface area (Å²) >= 11 is 1.78. The average Bonchev–Trinajstić information content (AvgIpc) is 3.52. The van der Waals surface area contributed by atoms with Gasteiger partial charge in [-0.25, -0.2) is 0 Å². The fourth-order valence-corrected chi connectivity index (χ4v) is 5.49. The van der Waals surface area contributed by atoms with Crippen molar-refractivity contribution >= 4 is 23.2 Å². The van der Waals surface area contributed by atoms with Crippen LogP contribution in [0.15, 0.2) is 35.7 Å². The number of carbonyl (C=O) groups excluding carboxylic acids is 2. The largest absolute Gasteiger partial charge is 0.330 e. The molecule has 2 unspecified atom stereocenters. The zero-order chi connectivity index (χ0) is 23.0. The van der Waals surface area contributed by atoms with Crippen LogP contribution in [-0.2, 0) is 21.4 Å². The topological polar surface area (TPSA) is 40.6 Å². The molecule has 0 spiro atoms. The summed E-state index contributed by atoms with van der Waals surface area (Å²) in [5, 5.41) is 2.14. The molecule has 32 heavy (non-hydrogen) atoms. The Bertz CT molecular complexity index is 968. The zero-order valence-electron chi connectivity index (χ0n) is 20.1. The minimum absolute atomic E-state index is 0.0565. The minimum Gasteiger partial charge on any atom is -0.330 e. The molecular weight excluding hydrogens is 416 g/mol. The molecule has 4 nitrogen and oxygen atoms in total. The lowest BCUT2D eigenvalue weighted by atomic mass is 9.85. The van der Waals surface area contributed by atoms with Crippen LogP contribution in [0.4, 0.5) is 0 Å². The van der Waals surface area contributed by atoms with Gasteiger partial charge in [0.2, 0.25) is 11.8 Å². The second kappa shape index (κ2) is 9.01. The van der Waals surface area contributed by atoms with Crippen molar-refractivity contribution in [3.63, 3.8) is 0 Å². The van der Waals surface area contributed by atoms with Crippen LogP contribution in [0.25, 0.3) is 0 Å². The van der Waals surface area contributed by atoms with Crippen molar-refractivity contribution in [3.05, 3.63) is 57.3 Å². The van der Waals surface area contributed by atoms with E-state index < -0.39 is 0 Å². The van der Waals surface area contributed by atoms with Gasteiger partial charge in [0.15, 0.2) is 0 Å². The number of thiophene rings is 1. The zero-order valence-corrected chi connectivity index (χ0v) is 20.9. The molecule has 0 N–H and O–H groups in total. The third-order valence-electron chi connectivity index (χ3n) is 7.02. The van der Waals surface area contributed by atoms with E-state index in [4.69, 9.17) is 0 Å². The molecule has 1 aromatic heterocycles. The lowest BCUT2D eigenvalue weighted by Crippen LogP contribution is -2.49. The number of nitrogens with zero attached hydrogens (tertiary/aromatic N) is 2. The molecule has 2 atom stereocenters. The Morgan fingerprint density at radius 1 is 1.16 bits per heavy atom. The van der Waals surface area contributed by atoms with E-state index in [0.717, 1.165) is 31.2 Å². The maximum atomic E-state index is 13.7. The van der Waals surface area contributed by atoms with Crippen molar-refractivity contribution in [1.82, 2.24) is 9.80 Å². The maximum Gasteiger partial charge on any atom is 0.243 e. The summed E-state index contributed by atoms with van der Waals surface area (Å²) in [6.07, 6.45) is 3.67. The molecule has 4 rings (SSSR count). The Balaban J connectivity index is 1.62. The smallest absolute Gasteiger partial charge is 0.243 e. The summed E-state index contributed by atoms with van der Waals surface area (Å²) in [5.74, 6) is 0.343. The second-order valence-corrected chi connectivity index (χ2v) is 11.4. The number of amides is 2. The Hall–Kier alpha value is -2.14. The van der Waals surface area contributed by atoms with Gasteiger partial charge in [0.25, 0.3) is 0 Å². The molecule has 0 radical (unpaired) electrons. The van der Waals surface area contributed by atoms with Crippen molar-refractivity contribution in [1.29, 1.82) is 0 Å². The lowest BCUT2D eigenvalue weighted by molar-refractivity contribution is -0.144. The van der Waals surface area contributed by atoms with Gasteiger partial charge in [0, 0.05) is 23.4 Å². The molecule has 2 heterocycles. The summed E-state index contributed by atoms with van der Waals surface area (Å²) in [4.78, 5) is 31.8. The summed E-state index contributed by atoms with van der Waals surface area (Å²) in [7, 11) is 0. The molecule has 2 aromatic rings. The summed E-state index contributed by atoms with van der Waals surface area (Å²) in [6, 6.07) is 10.9.